The fourth-order valence-corrected chi connectivity index (χ4v) is 1.15. The van der Waals surface area contributed by atoms with Gasteiger partial charge in [-0.2, -0.15) is 5.10 Å². The first-order chi connectivity index (χ1) is 6.99. The molecule has 0 spiro atoms. The second-order valence-electron chi connectivity index (χ2n) is 3.21. The van der Waals surface area contributed by atoms with E-state index in [0.29, 0.717) is 5.82 Å². The van der Waals surface area contributed by atoms with E-state index in [0.717, 1.165) is 5.69 Å². The number of aliphatic carboxylic acids is 1. The second-order valence-corrected chi connectivity index (χ2v) is 3.21. The third-order valence-electron chi connectivity index (χ3n) is 1.83. The van der Waals surface area contributed by atoms with Crippen molar-refractivity contribution in [2.24, 2.45) is 7.05 Å². The molecule has 0 aliphatic carbocycles. The van der Waals surface area contributed by atoms with Crippen molar-refractivity contribution < 1.29 is 14.7 Å². The molecule has 0 aliphatic heterocycles. The minimum Gasteiger partial charge on any atom is -0.550 e. The third kappa shape index (κ3) is 3.41. The van der Waals surface area contributed by atoms with Crippen LogP contribution in [0.1, 0.15) is 18.5 Å². The Morgan fingerprint density at radius 3 is 2.67 bits per heavy atom. The summed E-state index contributed by atoms with van der Waals surface area (Å²) in [5, 5.41) is 16.7. The molecule has 6 nitrogen and oxygen atoms in total. The number of anilines is 1. The zero-order valence-electron chi connectivity index (χ0n) is 8.61. The Kier molecular flexibility index (Phi) is 3.43. The van der Waals surface area contributed by atoms with E-state index in [1.807, 2.05) is 0 Å². The molecule has 0 saturated heterocycles. The molecule has 1 heterocycles. The summed E-state index contributed by atoms with van der Waals surface area (Å²) in [7, 11) is 1.70. The first-order valence-corrected chi connectivity index (χ1v) is 4.49. The lowest BCUT2D eigenvalue weighted by atomic mass is 10.3. The van der Waals surface area contributed by atoms with Crippen molar-refractivity contribution in [3.8, 4) is 0 Å². The highest BCUT2D eigenvalue weighted by molar-refractivity contribution is 5.91. The number of carboxylic acid groups (broad SMARTS) is 1. The van der Waals surface area contributed by atoms with E-state index in [-0.39, 0.29) is 18.7 Å². The second kappa shape index (κ2) is 4.59. The third-order valence-corrected chi connectivity index (χ3v) is 1.83. The minimum absolute atomic E-state index is 0.0907. The fourth-order valence-electron chi connectivity index (χ4n) is 1.15. The topological polar surface area (TPSA) is 87.0 Å². The molecule has 0 atom stereocenters. The van der Waals surface area contributed by atoms with Gasteiger partial charge < -0.3 is 15.2 Å². The molecule has 1 amide bonds. The molecule has 15 heavy (non-hydrogen) atoms. The molecule has 0 fully saturated rings. The molecule has 0 aliphatic rings. The van der Waals surface area contributed by atoms with Crippen LogP contribution in [-0.2, 0) is 16.6 Å². The molecular weight excluding hydrogens is 198 g/mol. The van der Waals surface area contributed by atoms with Gasteiger partial charge >= 0.3 is 0 Å². The van der Waals surface area contributed by atoms with Gasteiger partial charge in [-0.05, 0) is 13.3 Å². The van der Waals surface area contributed by atoms with Gasteiger partial charge in [-0.3, -0.25) is 9.48 Å². The minimum atomic E-state index is -1.23. The van der Waals surface area contributed by atoms with E-state index < -0.39 is 5.97 Å². The van der Waals surface area contributed by atoms with Crippen LogP contribution in [0.25, 0.3) is 0 Å². The number of nitrogens with zero attached hydrogens (tertiary/aromatic N) is 2. The average molecular weight is 210 g/mol. The lowest BCUT2D eigenvalue weighted by Gasteiger charge is -2.05. The SMILES string of the molecule is Cc1cc(NC(=O)CCC(=O)[O-])n(C)n1. The van der Waals surface area contributed by atoms with Crippen LogP contribution in [0.15, 0.2) is 6.07 Å². The van der Waals surface area contributed by atoms with Crippen LogP contribution in [0.3, 0.4) is 0 Å². The first kappa shape index (κ1) is 11.2. The Labute approximate surface area is 86.9 Å². The van der Waals surface area contributed by atoms with Gasteiger partial charge in [-0.15, -0.1) is 0 Å². The highest BCUT2D eigenvalue weighted by atomic mass is 16.4. The van der Waals surface area contributed by atoms with Crippen molar-refractivity contribution in [1.29, 1.82) is 0 Å². The largest absolute Gasteiger partial charge is 0.550 e. The van der Waals surface area contributed by atoms with E-state index in [2.05, 4.69) is 10.4 Å². The molecule has 6 heteroatoms. The number of aryl methyl sites for hydroxylation is 2. The smallest absolute Gasteiger partial charge is 0.225 e. The molecule has 0 radical (unpaired) electrons. The van der Waals surface area contributed by atoms with Crippen LogP contribution in [0.2, 0.25) is 0 Å². The van der Waals surface area contributed by atoms with Crippen molar-refractivity contribution in [2.45, 2.75) is 19.8 Å². The van der Waals surface area contributed by atoms with E-state index in [1.165, 1.54) is 4.68 Å². The summed E-state index contributed by atoms with van der Waals surface area (Å²) in [6.45, 7) is 1.80. The number of nitrogens with one attached hydrogen (secondary N) is 1. The number of rotatable bonds is 4. The van der Waals surface area contributed by atoms with E-state index in [4.69, 9.17) is 0 Å². The number of carboxylic acids is 1. The van der Waals surface area contributed by atoms with Crippen molar-refractivity contribution >= 4 is 17.7 Å². The molecular formula is C9H12N3O3-. The number of amides is 1. The molecule has 1 rings (SSSR count). The van der Waals surface area contributed by atoms with Gasteiger partial charge in [0.05, 0.1) is 5.69 Å². The monoisotopic (exact) mass is 210 g/mol. The van der Waals surface area contributed by atoms with Crippen LogP contribution < -0.4 is 10.4 Å². The molecule has 1 aromatic rings. The van der Waals surface area contributed by atoms with Gasteiger partial charge in [0.25, 0.3) is 0 Å². The predicted octanol–water partition coefficient (Wildman–Crippen LogP) is -0.803. The summed E-state index contributed by atoms with van der Waals surface area (Å²) in [6.07, 6.45) is -0.366. The maximum atomic E-state index is 11.2. The Bertz CT molecular complexity index is 384. The standard InChI is InChI=1S/C9H13N3O3/c1-6-5-7(12(2)11-6)10-8(13)3-4-9(14)15/h5H,3-4H2,1-2H3,(H,10,13)(H,14,15)/p-1. The Balaban J connectivity index is 2.51. The van der Waals surface area contributed by atoms with Gasteiger partial charge in [-0.1, -0.05) is 0 Å². The fraction of sp³-hybridized carbons (Fsp3) is 0.444. The summed E-state index contributed by atoms with van der Waals surface area (Å²) in [5.41, 5.74) is 0.785. The summed E-state index contributed by atoms with van der Waals surface area (Å²) >= 11 is 0. The van der Waals surface area contributed by atoms with Crippen LogP contribution >= 0.6 is 0 Å². The Morgan fingerprint density at radius 1 is 1.53 bits per heavy atom. The maximum Gasteiger partial charge on any atom is 0.225 e. The quantitative estimate of drug-likeness (QED) is 0.704. The predicted molar refractivity (Wildman–Crippen MR) is 50.8 cm³/mol. The molecule has 0 unspecified atom stereocenters. The summed E-state index contributed by atoms with van der Waals surface area (Å²) in [5.74, 6) is -1.04. The Morgan fingerprint density at radius 2 is 2.20 bits per heavy atom. The average Bonchev–Trinajstić information content (AvgIpc) is 2.42. The zero-order valence-corrected chi connectivity index (χ0v) is 8.61. The van der Waals surface area contributed by atoms with E-state index in [1.54, 1.807) is 20.0 Å². The van der Waals surface area contributed by atoms with Gasteiger partial charge in [0.1, 0.15) is 5.82 Å². The summed E-state index contributed by atoms with van der Waals surface area (Å²) in [6, 6.07) is 1.71. The van der Waals surface area contributed by atoms with Crippen LogP contribution in [0.5, 0.6) is 0 Å². The Hall–Kier alpha value is -1.85. The molecule has 0 saturated carbocycles. The van der Waals surface area contributed by atoms with Gasteiger partial charge in [0.15, 0.2) is 0 Å². The lowest BCUT2D eigenvalue weighted by molar-refractivity contribution is -0.305. The number of carbonyl (C=O) groups is 2. The first-order valence-electron chi connectivity index (χ1n) is 4.49. The summed E-state index contributed by atoms with van der Waals surface area (Å²) in [4.78, 5) is 21.4. The van der Waals surface area contributed by atoms with Crippen molar-refractivity contribution in [3.05, 3.63) is 11.8 Å². The highest BCUT2D eigenvalue weighted by Gasteiger charge is 2.06. The van der Waals surface area contributed by atoms with Gasteiger partial charge in [0, 0.05) is 25.5 Å². The molecule has 1 N–H and O–H groups in total. The lowest BCUT2D eigenvalue weighted by Crippen LogP contribution is -2.24. The number of hydrogen-bond donors (Lipinski definition) is 1. The molecule has 0 aromatic carbocycles. The van der Waals surface area contributed by atoms with E-state index >= 15 is 0 Å². The number of aromatic nitrogens is 2. The normalized spacial score (nSPS) is 10.0. The van der Waals surface area contributed by atoms with Crippen LogP contribution in [-0.4, -0.2) is 21.7 Å². The van der Waals surface area contributed by atoms with Crippen LogP contribution in [0, 0.1) is 6.92 Å². The highest BCUT2D eigenvalue weighted by Crippen LogP contribution is 2.08. The number of carbonyl (C=O) groups excluding carboxylic acids is 2. The van der Waals surface area contributed by atoms with Crippen molar-refractivity contribution in [3.63, 3.8) is 0 Å². The van der Waals surface area contributed by atoms with Crippen molar-refractivity contribution in [2.75, 3.05) is 5.32 Å². The van der Waals surface area contributed by atoms with E-state index in [9.17, 15) is 14.7 Å². The van der Waals surface area contributed by atoms with Gasteiger partial charge in [-0.25, -0.2) is 0 Å². The number of hydrogen-bond acceptors (Lipinski definition) is 4. The van der Waals surface area contributed by atoms with Crippen molar-refractivity contribution in [1.82, 2.24) is 9.78 Å². The molecule has 1 aromatic heterocycles. The van der Waals surface area contributed by atoms with Crippen LogP contribution in [0.4, 0.5) is 5.82 Å². The maximum absolute atomic E-state index is 11.2. The molecule has 82 valence electrons. The zero-order chi connectivity index (χ0) is 11.4. The summed E-state index contributed by atoms with van der Waals surface area (Å²) < 4.78 is 1.52. The molecule has 0 bridgehead atoms. The van der Waals surface area contributed by atoms with Gasteiger partial charge in [0.2, 0.25) is 5.91 Å².